The highest BCUT2D eigenvalue weighted by atomic mass is 16.7. The minimum atomic E-state index is -1.64. The van der Waals surface area contributed by atoms with Gasteiger partial charge in [-0.2, -0.15) is 0 Å². The number of benzene rings is 1. The second kappa shape index (κ2) is 12.7. The topological polar surface area (TPSA) is 185 Å². The Hall–Kier alpha value is -4.63. The number of hydrogen-bond acceptors (Lipinski definition) is 13. The first kappa shape index (κ1) is 31.3. The lowest BCUT2D eigenvalue weighted by molar-refractivity contribution is -0.317. The minimum absolute atomic E-state index is 0.0273. The van der Waals surface area contributed by atoms with Crippen molar-refractivity contribution in [2.24, 2.45) is 0 Å². The molecule has 1 saturated heterocycles. The maximum atomic E-state index is 13.7. The summed E-state index contributed by atoms with van der Waals surface area (Å²) >= 11 is 0. The van der Waals surface area contributed by atoms with E-state index < -0.39 is 78.0 Å². The van der Waals surface area contributed by atoms with Gasteiger partial charge in [0, 0.05) is 27.2 Å². The Balaban J connectivity index is 1.86. The molecule has 7 atom stereocenters. The van der Waals surface area contributed by atoms with Gasteiger partial charge in [0.05, 0.1) is 17.9 Å². The molecule has 0 radical (unpaired) electrons. The van der Waals surface area contributed by atoms with Gasteiger partial charge >= 0.3 is 23.9 Å². The zero-order valence-corrected chi connectivity index (χ0v) is 23.9. The molecule has 0 amide bonds. The van der Waals surface area contributed by atoms with Crippen LogP contribution in [0.3, 0.4) is 0 Å². The highest BCUT2D eigenvalue weighted by molar-refractivity contribution is 5.82. The number of hydrogen-bond donors (Lipinski definition) is 0. The number of ether oxygens (including phenoxy) is 6. The van der Waals surface area contributed by atoms with E-state index in [1.165, 1.54) is 31.2 Å². The number of esters is 4. The molecule has 15 nitrogen and oxygen atoms in total. The van der Waals surface area contributed by atoms with Gasteiger partial charge in [0.2, 0.25) is 6.29 Å². The average molecular weight is 603 g/mol. The summed E-state index contributed by atoms with van der Waals surface area (Å²) in [5.74, 6) is -3.70. The van der Waals surface area contributed by atoms with Gasteiger partial charge in [-0.25, -0.2) is 14.2 Å². The summed E-state index contributed by atoms with van der Waals surface area (Å²) in [5.41, 5.74) is -1.42. The number of rotatable bonds is 8. The van der Waals surface area contributed by atoms with E-state index in [-0.39, 0.29) is 23.0 Å². The predicted octanol–water partition coefficient (Wildman–Crippen LogP) is 0.461. The highest BCUT2D eigenvalue weighted by Gasteiger charge is 2.53. The van der Waals surface area contributed by atoms with Crippen molar-refractivity contribution in [2.75, 3.05) is 7.11 Å². The molecule has 1 fully saturated rings. The summed E-state index contributed by atoms with van der Waals surface area (Å²) in [5, 5.41) is 0.0682. The van der Waals surface area contributed by atoms with E-state index >= 15 is 0 Å². The van der Waals surface area contributed by atoms with Gasteiger partial charge in [-0.1, -0.05) is 12.1 Å². The third kappa shape index (κ3) is 6.41. The molecular formula is C28H30N2O13. The number of Topliss-reactive ketones (excluding diaryl/α,β-unsaturated/α-hetero) is 1. The molecule has 0 aliphatic carbocycles. The lowest BCUT2D eigenvalue weighted by atomic mass is 9.94. The SMILES string of the molecule is COC(=O)[C@@H]1C=C[C@H](O[C@@H]2O[C@H](CC(C)=O)[C@@H](OC(C)=O)[C@H](OC(C)=O)[C@H]2OC(C)=O)n2c(=O)c3ccccc3c(=O)n21. The number of carbonyl (C=O) groups excluding carboxylic acids is 5. The average Bonchev–Trinajstić information content (AvgIpc) is 2.93. The Morgan fingerprint density at radius 1 is 0.767 bits per heavy atom. The van der Waals surface area contributed by atoms with Crippen molar-refractivity contribution >= 4 is 40.4 Å². The van der Waals surface area contributed by atoms with Crippen LogP contribution in [0.2, 0.25) is 0 Å². The highest BCUT2D eigenvalue weighted by Crippen LogP contribution is 2.34. The molecule has 2 aliphatic rings. The Morgan fingerprint density at radius 2 is 1.30 bits per heavy atom. The van der Waals surface area contributed by atoms with Crippen LogP contribution < -0.4 is 11.1 Å². The molecule has 3 heterocycles. The quantitative estimate of drug-likeness (QED) is 0.231. The van der Waals surface area contributed by atoms with Crippen LogP contribution in [0.25, 0.3) is 10.8 Å². The number of methoxy groups -OCH3 is 1. The van der Waals surface area contributed by atoms with Crippen molar-refractivity contribution in [3.8, 4) is 0 Å². The van der Waals surface area contributed by atoms with Crippen molar-refractivity contribution < 1.29 is 52.4 Å². The summed E-state index contributed by atoms with van der Waals surface area (Å²) in [4.78, 5) is 88.3. The summed E-state index contributed by atoms with van der Waals surface area (Å²) < 4.78 is 34.9. The summed E-state index contributed by atoms with van der Waals surface area (Å²) in [6.07, 6.45) is -6.54. The largest absolute Gasteiger partial charge is 0.467 e. The predicted molar refractivity (Wildman–Crippen MR) is 143 cm³/mol. The Labute approximate surface area is 243 Å². The Morgan fingerprint density at radius 3 is 1.84 bits per heavy atom. The van der Waals surface area contributed by atoms with E-state index in [4.69, 9.17) is 28.4 Å². The summed E-state index contributed by atoms with van der Waals surface area (Å²) in [7, 11) is 1.12. The van der Waals surface area contributed by atoms with Crippen molar-refractivity contribution in [1.29, 1.82) is 0 Å². The van der Waals surface area contributed by atoms with Gasteiger partial charge in [0.25, 0.3) is 11.1 Å². The molecule has 1 aromatic carbocycles. The van der Waals surface area contributed by atoms with Crippen LogP contribution in [0.4, 0.5) is 0 Å². The fourth-order valence-electron chi connectivity index (χ4n) is 5.11. The molecule has 1 aromatic heterocycles. The lowest BCUT2D eigenvalue weighted by Crippen LogP contribution is -2.62. The molecule has 43 heavy (non-hydrogen) atoms. The molecule has 0 spiro atoms. The number of nitrogens with zero attached hydrogens (tertiary/aromatic N) is 2. The first-order valence-electron chi connectivity index (χ1n) is 13.2. The van der Waals surface area contributed by atoms with E-state index in [9.17, 15) is 33.6 Å². The lowest BCUT2D eigenvalue weighted by Gasteiger charge is -2.45. The van der Waals surface area contributed by atoms with Crippen molar-refractivity contribution in [3.63, 3.8) is 0 Å². The van der Waals surface area contributed by atoms with E-state index in [1.54, 1.807) is 12.1 Å². The summed E-state index contributed by atoms with van der Waals surface area (Å²) in [6, 6.07) is 4.64. The molecule has 2 aliphatic heterocycles. The molecule has 0 bridgehead atoms. The number of carbonyl (C=O) groups is 5. The van der Waals surface area contributed by atoms with E-state index in [2.05, 4.69) is 0 Å². The van der Waals surface area contributed by atoms with E-state index in [1.807, 2.05) is 0 Å². The van der Waals surface area contributed by atoms with Gasteiger partial charge < -0.3 is 28.4 Å². The third-order valence-electron chi connectivity index (χ3n) is 6.70. The normalized spacial score (nSPS) is 26.2. The second-order valence-corrected chi connectivity index (χ2v) is 9.90. The monoisotopic (exact) mass is 602 g/mol. The van der Waals surface area contributed by atoms with Crippen LogP contribution in [0.5, 0.6) is 0 Å². The first-order chi connectivity index (χ1) is 20.3. The smallest absolute Gasteiger partial charge is 0.334 e. The van der Waals surface area contributed by atoms with Gasteiger partial charge in [0.15, 0.2) is 30.6 Å². The van der Waals surface area contributed by atoms with Gasteiger partial charge in [-0.3, -0.25) is 28.8 Å². The fraction of sp³-hybridized carbons (Fsp3) is 0.464. The molecule has 2 aromatic rings. The van der Waals surface area contributed by atoms with Crippen molar-refractivity contribution in [1.82, 2.24) is 9.36 Å². The van der Waals surface area contributed by atoms with Gasteiger partial charge in [-0.15, -0.1) is 0 Å². The minimum Gasteiger partial charge on any atom is -0.467 e. The van der Waals surface area contributed by atoms with Crippen molar-refractivity contribution in [3.05, 3.63) is 57.1 Å². The van der Waals surface area contributed by atoms with E-state index in [0.717, 1.165) is 37.2 Å². The van der Waals surface area contributed by atoms with Crippen LogP contribution in [0.1, 0.15) is 46.4 Å². The number of fused-ring (bicyclic) bond motifs is 2. The van der Waals surface area contributed by atoms with Crippen LogP contribution in [0.15, 0.2) is 46.0 Å². The summed E-state index contributed by atoms with van der Waals surface area (Å²) in [6.45, 7) is 4.49. The Kier molecular flexibility index (Phi) is 9.25. The number of aromatic nitrogens is 2. The molecule has 0 saturated carbocycles. The fourth-order valence-corrected chi connectivity index (χ4v) is 5.11. The second-order valence-electron chi connectivity index (χ2n) is 9.90. The standard InChI is InChI=1S/C28H30N2O13/c1-13(31)12-20-22(39-14(2)32)23(40-15(3)33)24(41-16(4)34)28(42-20)43-21-11-10-19(27(37)38-5)29-25(35)17-8-6-7-9-18(17)26(36)30(21)29/h6-11,19-24,28H,12H2,1-5H3/t19-,20+,21-,22+,23-,24+,28-/m0/s1. The van der Waals surface area contributed by atoms with Crippen LogP contribution in [0, 0.1) is 0 Å². The van der Waals surface area contributed by atoms with Crippen LogP contribution in [-0.2, 0) is 52.4 Å². The van der Waals surface area contributed by atoms with Crippen molar-refractivity contribution in [2.45, 2.75) is 77.1 Å². The molecule has 15 heteroatoms. The molecule has 0 N–H and O–H groups in total. The maximum absolute atomic E-state index is 13.7. The molecule has 0 unspecified atom stereocenters. The van der Waals surface area contributed by atoms with Crippen LogP contribution >= 0.6 is 0 Å². The number of ketones is 1. The van der Waals surface area contributed by atoms with Gasteiger partial charge in [0.1, 0.15) is 11.9 Å². The maximum Gasteiger partial charge on any atom is 0.334 e. The molecule has 230 valence electrons. The first-order valence-corrected chi connectivity index (χ1v) is 13.2. The third-order valence-corrected chi connectivity index (χ3v) is 6.70. The molecule has 4 rings (SSSR count). The molecular weight excluding hydrogens is 572 g/mol. The van der Waals surface area contributed by atoms with Crippen LogP contribution in [-0.4, -0.2) is 76.8 Å². The van der Waals surface area contributed by atoms with Gasteiger partial charge in [-0.05, 0) is 31.2 Å². The van der Waals surface area contributed by atoms with E-state index in [0.29, 0.717) is 0 Å². The zero-order valence-electron chi connectivity index (χ0n) is 23.9. The Bertz CT molecular complexity index is 1610. The zero-order chi connectivity index (χ0) is 31.6.